The van der Waals surface area contributed by atoms with E-state index in [0.717, 1.165) is 30.5 Å². The molecule has 1 aliphatic rings. The second-order valence-corrected chi connectivity index (χ2v) is 7.67. The van der Waals surface area contributed by atoms with E-state index in [9.17, 15) is 14.4 Å². The number of nitrogens with one attached hydrogen (secondary N) is 1. The molecule has 2 aromatic heterocycles. The van der Waals surface area contributed by atoms with Crippen molar-refractivity contribution >= 4 is 28.4 Å². The summed E-state index contributed by atoms with van der Waals surface area (Å²) >= 11 is 0. The van der Waals surface area contributed by atoms with E-state index in [4.69, 9.17) is 0 Å². The summed E-state index contributed by atoms with van der Waals surface area (Å²) in [6.07, 6.45) is 4.27. The predicted octanol–water partition coefficient (Wildman–Crippen LogP) is 2.76. The number of aryl methyl sites for hydroxylation is 1. The molecule has 7 heteroatoms. The maximum absolute atomic E-state index is 12.9. The Balaban J connectivity index is 1.56. The number of aromatic nitrogens is 3. The number of carbonyl (C=O) groups excluding carboxylic acids is 2. The largest absolute Gasteiger partial charge is 0.325 e. The summed E-state index contributed by atoms with van der Waals surface area (Å²) in [5.41, 5.74) is 3.41. The molecule has 7 nitrogen and oxygen atoms in total. The Hall–Kier alpha value is -3.35. The fraction of sp³-hybridized carbons (Fsp3) is 0.318. The van der Waals surface area contributed by atoms with Crippen molar-refractivity contribution in [1.82, 2.24) is 14.5 Å². The van der Waals surface area contributed by atoms with E-state index in [1.807, 2.05) is 6.07 Å². The van der Waals surface area contributed by atoms with Crippen LogP contribution in [0, 0.1) is 5.92 Å². The maximum Gasteiger partial charge on any atom is 0.263 e. The molecule has 4 rings (SSSR count). The number of pyridine rings is 1. The highest BCUT2D eigenvalue weighted by atomic mass is 16.2. The number of anilines is 1. The number of fused-ring (bicyclic) bond motifs is 2. The number of ketones is 1. The van der Waals surface area contributed by atoms with Crippen LogP contribution >= 0.6 is 0 Å². The highest BCUT2D eigenvalue weighted by Gasteiger charge is 2.19. The van der Waals surface area contributed by atoms with Crippen LogP contribution in [0.4, 0.5) is 5.69 Å². The molecule has 0 aliphatic heterocycles. The van der Waals surface area contributed by atoms with Crippen LogP contribution in [0.2, 0.25) is 0 Å². The quantitative estimate of drug-likeness (QED) is 0.692. The van der Waals surface area contributed by atoms with Gasteiger partial charge in [-0.3, -0.25) is 19.0 Å². The smallest absolute Gasteiger partial charge is 0.263 e. The van der Waals surface area contributed by atoms with Gasteiger partial charge in [-0.2, -0.15) is 0 Å². The van der Waals surface area contributed by atoms with Gasteiger partial charge in [0.15, 0.2) is 11.4 Å². The Labute approximate surface area is 167 Å². The van der Waals surface area contributed by atoms with Crippen molar-refractivity contribution in [2.24, 2.45) is 5.92 Å². The molecule has 0 saturated carbocycles. The van der Waals surface area contributed by atoms with Crippen LogP contribution < -0.4 is 10.9 Å². The first-order valence-corrected chi connectivity index (χ1v) is 9.69. The number of carbonyl (C=O) groups is 2. The van der Waals surface area contributed by atoms with E-state index in [-0.39, 0.29) is 23.8 Å². The molecule has 1 atom stereocenters. The molecule has 2 heterocycles. The number of benzene rings is 1. The van der Waals surface area contributed by atoms with Gasteiger partial charge in [-0.05, 0) is 68.0 Å². The van der Waals surface area contributed by atoms with Gasteiger partial charge in [-0.25, -0.2) is 9.97 Å². The highest BCUT2D eigenvalue weighted by molar-refractivity contribution is 5.95. The van der Waals surface area contributed by atoms with E-state index >= 15 is 0 Å². The Bertz CT molecular complexity index is 1170. The first-order valence-electron chi connectivity index (χ1n) is 9.69. The molecule has 0 bridgehead atoms. The first-order chi connectivity index (χ1) is 13.9. The van der Waals surface area contributed by atoms with E-state index in [2.05, 4.69) is 22.2 Å². The first kappa shape index (κ1) is 19.0. The highest BCUT2D eigenvalue weighted by Crippen LogP contribution is 2.25. The third kappa shape index (κ3) is 3.94. The van der Waals surface area contributed by atoms with Crippen molar-refractivity contribution in [2.75, 3.05) is 5.32 Å². The standard InChI is InChI=1S/C22H22N4O3/c1-13-3-8-19-16(9-13)10-18-21(25-19)23-12-26(22(18)29)11-20(28)24-17-6-4-15(5-7-17)14(2)27/h4-7,10,12-13H,3,8-9,11H2,1-2H3,(H,24,28)/t13-/m0/s1. The molecule has 0 spiro atoms. The lowest BCUT2D eigenvalue weighted by atomic mass is 9.87. The van der Waals surface area contributed by atoms with Crippen LogP contribution in [0.15, 0.2) is 41.5 Å². The second kappa shape index (κ2) is 7.58. The fourth-order valence-corrected chi connectivity index (χ4v) is 3.68. The van der Waals surface area contributed by atoms with Crippen molar-refractivity contribution in [3.8, 4) is 0 Å². The Morgan fingerprint density at radius 3 is 2.72 bits per heavy atom. The third-order valence-corrected chi connectivity index (χ3v) is 5.31. The monoisotopic (exact) mass is 390 g/mol. The second-order valence-electron chi connectivity index (χ2n) is 7.67. The Morgan fingerprint density at radius 2 is 2.00 bits per heavy atom. The zero-order chi connectivity index (χ0) is 20.5. The van der Waals surface area contributed by atoms with Crippen molar-refractivity contribution in [3.63, 3.8) is 0 Å². The van der Waals surface area contributed by atoms with E-state index < -0.39 is 0 Å². The normalized spacial score (nSPS) is 15.7. The summed E-state index contributed by atoms with van der Waals surface area (Å²) < 4.78 is 1.29. The van der Waals surface area contributed by atoms with Crippen molar-refractivity contribution < 1.29 is 9.59 Å². The molecule has 148 valence electrons. The van der Waals surface area contributed by atoms with Crippen LogP contribution in [0.1, 0.15) is 41.9 Å². The molecule has 3 aromatic rings. The van der Waals surface area contributed by atoms with Crippen molar-refractivity contribution in [2.45, 2.75) is 39.7 Å². The van der Waals surface area contributed by atoms with Crippen LogP contribution in [0.25, 0.3) is 11.0 Å². The Kier molecular flexibility index (Phi) is 4.96. The molecule has 1 aromatic carbocycles. The van der Waals surface area contributed by atoms with Gasteiger partial charge in [0, 0.05) is 16.9 Å². The minimum Gasteiger partial charge on any atom is -0.325 e. The van der Waals surface area contributed by atoms with Gasteiger partial charge in [0.05, 0.1) is 5.39 Å². The molecule has 0 fully saturated rings. The lowest BCUT2D eigenvalue weighted by Crippen LogP contribution is -2.28. The van der Waals surface area contributed by atoms with Gasteiger partial charge in [-0.1, -0.05) is 6.92 Å². The minimum absolute atomic E-state index is 0.0399. The minimum atomic E-state index is -0.344. The summed E-state index contributed by atoms with van der Waals surface area (Å²) in [5, 5.41) is 3.18. The number of rotatable bonds is 4. The van der Waals surface area contributed by atoms with E-state index in [1.54, 1.807) is 24.3 Å². The summed E-state index contributed by atoms with van der Waals surface area (Å²) in [7, 11) is 0. The number of nitrogens with zero attached hydrogens (tertiary/aromatic N) is 3. The van der Waals surface area contributed by atoms with Gasteiger partial charge >= 0.3 is 0 Å². The molecule has 1 aliphatic carbocycles. The summed E-state index contributed by atoms with van der Waals surface area (Å²) in [6.45, 7) is 3.53. The van der Waals surface area contributed by atoms with Crippen LogP contribution in [-0.4, -0.2) is 26.2 Å². The van der Waals surface area contributed by atoms with Gasteiger partial charge in [0.25, 0.3) is 5.56 Å². The molecule has 1 amide bonds. The maximum atomic E-state index is 12.9. The SMILES string of the molecule is CC(=O)c1ccc(NC(=O)Cn2cnc3nc4c(cc3c2=O)C[C@@H](C)CC4)cc1. The number of hydrogen-bond donors (Lipinski definition) is 1. The third-order valence-electron chi connectivity index (χ3n) is 5.31. The van der Waals surface area contributed by atoms with Crippen molar-refractivity contribution in [1.29, 1.82) is 0 Å². The topological polar surface area (TPSA) is 93.9 Å². The van der Waals surface area contributed by atoms with Crippen LogP contribution in [0.3, 0.4) is 0 Å². The zero-order valence-electron chi connectivity index (χ0n) is 16.4. The number of Topliss-reactive ketones (excluding diaryl/α,β-unsaturated/α-hetero) is 1. The average Bonchev–Trinajstić information content (AvgIpc) is 2.69. The van der Waals surface area contributed by atoms with E-state index in [1.165, 1.54) is 17.8 Å². The molecule has 0 radical (unpaired) electrons. The molecular weight excluding hydrogens is 368 g/mol. The zero-order valence-corrected chi connectivity index (χ0v) is 16.4. The van der Waals surface area contributed by atoms with Crippen molar-refractivity contribution in [3.05, 3.63) is 63.8 Å². The lowest BCUT2D eigenvalue weighted by molar-refractivity contribution is -0.116. The molecule has 0 saturated heterocycles. The molecule has 29 heavy (non-hydrogen) atoms. The lowest BCUT2D eigenvalue weighted by Gasteiger charge is -2.20. The van der Waals surface area contributed by atoms with Gasteiger partial charge in [-0.15, -0.1) is 0 Å². The predicted molar refractivity (Wildman–Crippen MR) is 110 cm³/mol. The number of amides is 1. The van der Waals surface area contributed by atoms with Gasteiger partial charge in [0.2, 0.25) is 5.91 Å². The molecule has 0 unspecified atom stereocenters. The van der Waals surface area contributed by atoms with Crippen LogP contribution in [-0.2, 0) is 24.2 Å². The average molecular weight is 390 g/mol. The molecular formula is C22H22N4O3. The van der Waals surface area contributed by atoms with Gasteiger partial charge in [0.1, 0.15) is 12.9 Å². The summed E-state index contributed by atoms with van der Waals surface area (Å²) in [5.74, 6) is 0.186. The van der Waals surface area contributed by atoms with Gasteiger partial charge < -0.3 is 5.32 Å². The molecule has 1 N–H and O–H groups in total. The fourth-order valence-electron chi connectivity index (χ4n) is 3.68. The van der Waals surface area contributed by atoms with Crippen LogP contribution in [0.5, 0.6) is 0 Å². The Morgan fingerprint density at radius 1 is 1.24 bits per heavy atom. The summed E-state index contributed by atoms with van der Waals surface area (Å²) in [4.78, 5) is 45.5. The number of hydrogen-bond acceptors (Lipinski definition) is 5. The summed E-state index contributed by atoms with van der Waals surface area (Å²) in [6, 6.07) is 8.51. The van der Waals surface area contributed by atoms with E-state index in [0.29, 0.717) is 28.2 Å².